The molecule has 0 saturated heterocycles. The lowest BCUT2D eigenvalue weighted by Crippen LogP contribution is -2.18. The molecule has 0 spiro atoms. The van der Waals surface area contributed by atoms with Crippen LogP contribution >= 0.6 is 12.2 Å². The van der Waals surface area contributed by atoms with E-state index in [4.69, 9.17) is 0 Å². The van der Waals surface area contributed by atoms with Crippen molar-refractivity contribution in [2.45, 2.75) is 14.4 Å². The lowest BCUT2D eigenvalue weighted by atomic mass is 10.8. The summed E-state index contributed by atoms with van der Waals surface area (Å²) < 4.78 is 45.6. The van der Waals surface area contributed by atoms with Gasteiger partial charge in [-0.15, -0.1) is 4.33 Å². The first-order valence-corrected chi connectivity index (χ1v) is 5.97. The molecule has 8 nitrogen and oxygen atoms in total. The van der Waals surface area contributed by atoms with Crippen molar-refractivity contribution < 1.29 is 26.7 Å². The molecule has 15 heavy (non-hydrogen) atoms. The molecule has 0 saturated carbocycles. The largest absolute Gasteiger partial charge is 0.759 e. The average molecular weight is 282 g/mol. The molecule has 11 heteroatoms. The maximum Gasteiger partial charge on any atom is 0.118 e. The first kappa shape index (κ1) is 20.8. The summed E-state index contributed by atoms with van der Waals surface area (Å²) in [5.74, 6) is 0. The molecule has 2 unspecified atom stereocenters. The van der Waals surface area contributed by atoms with Crippen LogP contribution in [-0.2, 0) is 31.8 Å². The minimum absolute atomic E-state index is 0. The van der Waals surface area contributed by atoms with Gasteiger partial charge in [-0.2, -0.15) is 4.13 Å². The minimum atomic E-state index is -2.71. The van der Waals surface area contributed by atoms with Crippen LogP contribution in [0.25, 0.3) is 0 Å². The van der Waals surface area contributed by atoms with E-state index in [2.05, 4.69) is 13.9 Å². The van der Waals surface area contributed by atoms with Gasteiger partial charge in [-0.05, 0) is 0 Å². The highest BCUT2D eigenvalue weighted by Crippen LogP contribution is 1.92. The Labute approximate surface area is 98.6 Å². The topological polar surface area (TPSA) is 123 Å². The molecule has 0 fully saturated rings. The third kappa shape index (κ3) is 31.4. The molecule has 0 bridgehead atoms. The van der Waals surface area contributed by atoms with Crippen molar-refractivity contribution in [1.82, 2.24) is 8.85 Å². The van der Waals surface area contributed by atoms with Gasteiger partial charge in [-0.1, -0.05) is 14.4 Å². The molecule has 0 aliphatic rings. The smallest absolute Gasteiger partial charge is 0.118 e. The zero-order chi connectivity index (χ0) is 11.4. The van der Waals surface area contributed by atoms with Crippen LogP contribution in [0.5, 0.6) is 0 Å². The van der Waals surface area contributed by atoms with Gasteiger partial charge in [0, 0.05) is 29.1 Å². The van der Waals surface area contributed by atoms with Gasteiger partial charge in [0.2, 0.25) is 0 Å². The summed E-state index contributed by atoms with van der Waals surface area (Å²) in [5.41, 5.74) is 0. The average Bonchev–Trinajstić information content (AvgIpc) is 2.04. The summed E-state index contributed by atoms with van der Waals surface area (Å²) in [6.07, 6.45) is 0. The van der Waals surface area contributed by atoms with E-state index in [-0.39, 0.29) is 7.43 Å². The van der Waals surface area contributed by atoms with E-state index in [1.54, 1.807) is 0 Å². The van der Waals surface area contributed by atoms with E-state index in [0.717, 1.165) is 22.9 Å². The van der Waals surface area contributed by atoms with Gasteiger partial charge >= 0.3 is 0 Å². The molecule has 0 aromatic rings. The van der Waals surface area contributed by atoms with Crippen molar-refractivity contribution >= 4 is 34.8 Å². The molecule has 0 rings (SSSR count). The third-order valence-electron chi connectivity index (χ3n) is 0.441. The summed E-state index contributed by atoms with van der Waals surface area (Å²) in [6.45, 7) is 2.85. The molecule has 0 aromatic carbocycles. The Hall–Kier alpha value is 0.410. The van der Waals surface area contributed by atoms with Crippen molar-refractivity contribution in [3.63, 3.8) is 0 Å². The Balaban J connectivity index is -0.000000180. The monoisotopic (exact) mass is 282 g/mol. The first-order valence-electron chi connectivity index (χ1n) is 3.08. The Morgan fingerprint density at radius 2 is 1.80 bits per heavy atom. The minimum Gasteiger partial charge on any atom is -0.759 e. The SMILES string of the molecule is C.CCNSOOC.O=S([O-])NS(=O)[O-]. The Morgan fingerprint density at radius 3 is 2.00 bits per heavy atom. The lowest BCUT2D eigenvalue weighted by molar-refractivity contribution is -0.161. The first-order chi connectivity index (χ1) is 6.54. The molecule has 0 heterocycles. The van der Waals surface area contributed by atoms with Gasteiger partial charge in [-0.3, -0.25) is 8.42 Å². The second-order valence-corrected chi connectivity index (χ2v) is 3.57. The predicted octanol–water partition coefficient (Wildman–Crippen LogP) is -0.463. The fourth-order valence-electron chi connectivity index (χ4n) is 0.173. The maximum absolute atomic E-state index is 9.31. The number of rotatable bonds is 6. The Morgan fingerprint density at radius 1 is 1.33 bits per heavy atom. The summed E-state index contributed by atoms with van der Waals surface area (Å²) in [5, 5.41) is 0. The van der Waals surface area contributed by atoms with Crippen LogP contribution in [0.1, 0.15) is 14.4 Å². The molecular weight excluding hydrogens is 268 g/mol. The van der Waals surface area contributed by atoms with Crippen molar-refractivity contribution in [2.24, 2.45) is 0 Å². The van der Waals surface area contributed by atoms with Crippen molar-refractivity contribution in [3.05, 3.63) is 0 Å². The lowest BCUT2D eigenvalue weighted by Gasteiger charge is -2.07. The molecule has 0 radical (unpaired) electrons. The van der Waals surface area contributed by atoms with Gasteiger partial charge < -0.3 is 9.11 Å². The number of hydrogen-bond donors (Lipinski definition) is 2. The van der Waals surface area contributed by atoms with Crippen LogP contribution in [0, 0.1) is 0 Å². The Kier molecular flexibility index (Phi) is 23.3. The van der Waals surface area contributed by atoms with Crippen LogP contribution in [0.15, 0.2) is 0 Å². The van der Waals surface area contributed by atoms with Crippen molar-refractivity contribution in [3.8, 4) is 0 Å². The fourth-order valence-corrected chi connectivity index (χ4v) is 0.851. The van der Waals surface area contributed by atoms with Crippen LogP contribution in [0.4, 0.5) is 0 Å². The molecule has 0 aliphatic carbocycles. The molecular formula is C4H14N2O6S3-2. The van der Waals surface area contributed by atoms with E-state index in [9.17, 15) is 17.5 Å². The fraction of sp³-hybridized carbons (Fsp3) is 1.00. The van der Waals surface area contributed by atoms with Gasteiger partial charge in [0.05, 0.1) is 7.11 Å². The number of hydrogen-bond acceptors (Lipinski definition) is 8. The van der Waals surface area contributed by atoms with E-state index in [1.807, 2.05) is 6.92 Å². The van der Waals surface area contributed by atoms with E-state index >= 15 is 0 Å². The van der Waals surface area contributed by atoms with Crippen LogP contribution in [0.2, 0.25) is 0 Å². The van der Waals surface area contributed by atoms with Gasteiger partial charge in [0.15, 0.2) is 0 Å². The molecule has 0 aromatic heterocycles. The van der Waals surface area contributed by atoms with E-state index in [0.29, 0.717) is 0 Å². The second-order valence-electron chi connectivity index (χ2n) is 1.37. The molecule has 2 N–H and O–H groups in total. The molecule has 96 valence electrons. The standard InChI is InChI=1S/C3H9NO2S.CH4.H3NO4S2/c1-3-4-7-6-5-2;;2-6(3)1-7(4)5/h4H,3H2,1-2H3;1H4;1H,(H,2,3)(H,4,5)/p-2. The van der Waals surface area contributed by atoms with Crippen molar-refractivity contribution in [2.75, 3.05) is 13.7 Å². The molecule has 0 amide bonds. The Bertz CT molecular complexity index is 154. The quantitative estimate of drug-likeness (QED) is 0.167. The predicted molar refractivity (Wildman–Crippen MR) is 57.1 cm³/mol. The summed E-state index contributed by atoms with van der Waals surface area (Å²) in [4.78, 5) is 4.24. The van der Waals surface area contributed by atoms with Crippen LogP contribution in [0.3, 0.4) is 0 Å². The van der Waals surface area contributed by atoms with E-state index in [1.165, 1.54) is 7.11 Å². The van der Waals surface area contributed by atoms with Crippen molar-refractivity contribution in [1.29, 1.82) is 0 Å². The van der Waals surface area contributed by atoms with Gasteiger partial charge in [-0.25, -0.2) is 9.61 Å². The highest BCUT2D eigenvalue weighted by atomic mass is 32.3. The zero-order valence-electron chi connectivity index (χ0n) is 7.38. The molecule has 2 atom stereocenters. The second kappa shape index (κ2) is 16.8. The highest BCUT2D eigenvalue weighted by molar-refractivity contribution is 7.93. The maximum atomic E-state index is 9.31. The van der Waals surface area contributed by atoms with Gasteiger partial charge in [0.1, 0.15) is 12.2 Å². The molecule has 0 aliphatic heterocycles. The third-order valence-corrected chi connectivity index (χ3v) is 2.14. The van der Waals surface area contributed by atoms with Gasteiger partial charge in [0.25, 0.3) is 0 Å². The summed E-state index contributed by atoms with van der Waals surface area (Å²) in [7, 11) is 1.46. The summed E-state index contributed by atoms with van der Waals surface area (Å²) in [6, 6.07) is 0. The summed E-state index contributed by atoms with van der Waals surface area (Å²) >= 11 is -4.34. The number of nitrogens with one attached hydrogen (secondary N) is 2. The van der Waals surface area contributed by atoms with E-state index < -0.39 is 22.5 Å². The van der Waals surface area contributed by atoms with Crippen LogP contribution in [-0.4, -0.2) is 31.2 Å². The van der Waals surface area contributed by atoms with Crippen LogP contribution < -0.4 is 8.85 Å². The highest BCUT2D eigenvalue weighted by Gasteiger charge is 1.78. The normalized spacial score (nSPS) is 13.1. The zero-order valence-corrected chi connectivity index (χ0v) is 9.83.